The van der Waals surface area contributed by atoms with Crippen LogP contribution in [0.5, 0.6) is 0 Å². The molecule has 0 spiro atoms. The Labute approximate surface area is 129 Å². The molecule has 0 amide bonds. The molecule has 1 heterocycles. The van der Waals surface area contributed by atoms with Gasteiger partial charge in [-0.15, -0.1) is 0 Å². The number of aryl methyl sites for hydroxylation is 3. The van der Waals surface area contributed by atoms with Crippen LogP contribution in [0, 0.1) is 5.82 Å². The molecule has 22 heavy (non-hydrogen) atoms. The molecule has 2 N–H and O–H groups in total. The maximum absolute atomic E-state index is 12.9. The van der Waals surface area contributed by atoms with E-state index in [2.05, 4.69) is 29.4 Å². The molecular formula is C19H20FNO. The lowest BCUT2D eigenvalue weighted by Crippen LogP contribution is -1.92. The van der Waals surface area contributed by atoms with Gasteiger partial charge in [-0.25, -0.2) is 4.39 Å². The van der Waals surface area contributed by atoms with Crippen LogP contribution in [0.25, 0.3) is 10.9 Å². The van der Waals surface area contributed by atoms with Crippen LogP contribution in [0.3, 0.4) is 0 Å². The predicted molar refractivity (Wildman–Crippen MR) is 87.5 cm³/mol. The Kier molecular flexibility index (Phi) is 4.54. The highest BCUT2D eigenvalue weighted by molar-refractivity contribution is 5.83. The van der Waals surface area contributed by atoms with E-state index in [0.29, 0.717) is 0 Å². The second-order valence-electron chi connectivity index (χ2n) is 5.65. The van der Waals surface area contributed by atoms with E-state index in [4.69, 9.17) is 5.11 Å². The average Bonchev–Trinajstić information content (AvgIpc) is 2.95. The first-order chi connectivity index (χ1) is 10.8. The normalized spacial score (nSPS) is 11.2. The third-order valence-corrected chi connectivity index (χ3v) is 4.05. The fourth-order valence-corrected chi connectivity index (χ4v) is 2.80. The van der Waals surface area contributed by atoms with Gasteiger partial charge in [0.05, 0.1) is 0 Å². The van der Waals surface area contributed by atoms with Gasteiger partial charge in [0.1, 0.15) is 5.82 Å². The fraction of sp³-hybridized carbons (Fsp3) is 0.263. The maximum Gasteiger partial charge on any atom is 0.123 e. The summed E-state index contributed by atoms with van der Waals surface area (Å²) in [5, 5.41) is 10.2. The molecule has 0 fully saturated rings. The lowest BCUT2D eigenvalue weighted by Gasteiger charge is -2.03. The van der Waals surface area contributed by atoms with Gasteiger partial charge in [-0.1, -0.05) is 18.2 Å². The van der Waals surface area contributed by atoms with Crippen molar-refractivity contribution in [3.8, 4) is 0 Å². The minimum absolute atomic E-state index is 0.190. The van der Waals surface area contributed by atoms with E-state index in [0.717, 1.165) is 36.8 Å². The van der Waals surface area contributed by atoms with Crippen LogP contribution in [-0.4, -0.2) is 16.7 Å². The van der Waals surface area contributed by atoms with Crippen LogP contribution < -0.4 is 0 Å². The molecule has 2 nitrogen and oxygen atoms in total. The number of nitrogens with one attached hydrogen (secondary N) is 1. The molecule has 3 rings (SSSR count). The summed E-state index contributed by atoms with van der Waals surface area (Å²) in [6.07, 6.45) is 5.57. The van der Waals surface area contributed by atoms with Crippen molar-refractivity contribution in [2.75, 3.05) is 6.61 Å². The fourth-order valence-electron chi connectivity index (χ4n) is 2.80. The van der Waals surface area contributed by atoms with Crippen LogP contribution >= 0.6 is 0 Å². The minimum Gasteiger partial charge on any atom is -0.396 e. The highest BCUT2D eigenvalue weighted by Crippen LogP contribution is 2.22. The first-order valence-corrected chi connectivity index (χ1v) is 7.70. The number of aromatic nitrogens is 1. The third-order valence-electron chi connectivity index (χ3n) is 4.05. The molecule has 0 saturated carbocycles. The SMILES string of the molecule is OCCCc1ccc2[nH]cc(CCc3ccc(F)cc3)c2c1. The Hall–Kier alpha value is -2.13. The zero-order chi connectivity index (χ0) is 15.4. The maximum atomic E-state index is 12.9. The first kappa shape index (κ1) is 14.8. The second kappa shape index (κ2) is 6.75. The number of fused-ring (bicyclic) bond motifs is 1. The Balaban J connectivity index is 1.76. The molecule has 3 heteroatoms. The van der Waals surface area contributed by atoms with Gasteiger partial charge < -0.3 is 10.1 Å². The largest absolute Gasteiger partial charge is 0.396 e. The van der Waals surface area contributed by atoms with Crippen LogP contribution in [0.15, 0.2) is 48.7 Å². The molecule has 0 aliphatic carbocycles. The summed E-state index contributed by atoms with van der Waals surface area (Å²) < 4.78 is 12.9. The second-order valence-corrected chi connectivity index (χ2v) is 5.65. The highest BCUT2D eigenvalue weighted by atomic mass is 19.1. The van der Waals surface area contributed by atoms with Gasteiger partial charge in [-0.2, -0.15) is 0 Å². The standard InChI is InChI=1S/C19H20FNO/c20-17-8-4-14(5-9-17)3-7-16-13-21-19-10-6-15(2-1-11-22)12-18(16)19/h4-6,8-10,12-13,21-22H,1-3,7,11H2. The van der Waals surface area contributed by atoms with Crippen molar-refractivity contribution in [2.24, 2.45) is 0 Å². The predicted octanol–water partition coefficient (Wildman–Crippen LogP) is 4.02. The number of rotatable bonds is 6. The minimum atomic E-state index is -0.190. The monoisotopic (exact) mass is 297 g/mol. The summed E-state index contributed by atoms with van der Waals surface area (Å²) in [7, 11) is 0. The van der Waals surface area contributed by atoms with Crippen LogP contribution in [0.2, 0.25) is 0 Å². The quantitative estimate of drug-likeness (QED) is 0.708. The highest BCUT2D eigenvalue weighted by Gasteiger charge is 2.05. The zero-order valence-corrected chi connectivity index (χ0v) is 12.5. The Morgan fingerprint density at radius 1 is 0.909 bits per heavy atom. The van der Waals surface area contributed by atoms with Crippen molar-refractivity contribution in [1.29, 1.82) is 0 Å². The number of aliphatic hydroxyl groups is 1. The van der Waals surface area contributed by atoms with E-state index < -0.39 is 0 Å². The van der Waals surface area contributed by atoms with Crippen molar-refractivity contribution >= 4 is 10.9 Å². The Morgan fingerprint density at radius 3 is 2.45 bits per heavy atom. The van der Waals surface area contributed by atoms with E-state index in [9.17, 15) is 4.39 Å². The molecule has 0 atom stereocenters. The summed E-state index contributed by atoms with van der Waals surface area (Å²) in [5.41, 5.74) is 4.82. The number of hydrogen-bond donors (Lipinski definition) is 2. The topological polar surface area (TPSA) is 36.0 Å². The molecule has 114 valence electrons. The lowest BCUT2D eigenvalue weighted by molar-refractivity contribution is 0.288. The van der Waals surface area contributed by atoms with Crippen LogP contribution in [0.4, 0.5) is 4.39 Å². The molecular weight excluding hydrogens is 277 g/mol. The van der Waals surface area contributed by atoms with E-state index in [1.54, 1.807) is 0 Å². The smallest absolute Gasteiger partial charge is 0.123 e. The molecule has 2 aromatic carbocycles. The molecule has 0 aliphatic heterocycles. The summed E-state index contributed by atoms with van der Waals surface area (Å²) in [6, 6.07) is 13.1. The molecule has 0 saturated heterocycles. The Morgan fingerprint density at radius 2 is 1.68 bits per heavy atom. The summed E-state index contributed by atoms with van der Waals surface area (Å²) in [5.74, 6) is -0.190. The average molecular weight is 297 g/mol. The van der Waals surface area contributed by atoms with E-state index in [-0.39, 0.29) is 12.4 Å². The molecule has 0 unspecified atom stereocenters. The van der Waals surface area contributed by atoms with Crippen molar-refractivity contribution in [3.63, 3.8) is 0 Å². The summed E-state index contributed by atoms with van der Waals surface area (Å²) in [4.78, 5) is 3.31. The molecule has 0 radical (unpaired) electrons. The van der Waals surface area contributed by atoms with Crippen LogP contribution in [-0.2, 0) is 19.3 Å². The van der Waals surface area contributed by atoms with Crippen molar-refractivity contribution < 1.29 is 9.50 Å². The molecule has 0 aliphatic rings. The van der Waals surface area contributed by atoms with Crippen molar-refractivity contribution in [1.82, 2.24) is 4.98 Å². The number of halogens is 1. The van der Waals surface area contributed by atoms with Gasteiger partial charge in [-0.05, 0) is 66.6 Å². The van der Waals surface area contributed by atoms with E-state index in [1.165, 1.54) is 28.6 Å². The van der Waals surface area contributed by atoms with Gasteiger partial charge in [0.25, 0.3) is 0 Å². The van der Waals surface area contributed by atoms with Gasteiger partial charge in [0.2, 0.25) is 0 Å². The van der Waals surface area contributed by atoms with Gasteiger partial charge >= 0.3 is 0 Å². The number of aliphatic hydroxyl groups excluding tert-OH is 1. The number of aromatic amines is 1. The van der Waals surface area contributed by atoms with Gasteiger partial charge in [-0.3, -0.25) is 0 Å². The van der Waals surface area contributed by atoms with Crippen molar-refractivity contribution in [2.45, 2.75) is 25.7 Å². The number of hydrogen-bond acceptors (Lipinski definition) is 1. The van der Waals surface area contributed by atoms with Crippen LogP contribution in [0.1, 0.15) is 23.1 Å². The van der Waals surface area contributed by atoms with Gasteiger partial charge in [0, 0.05) is 23.7 Å². The van der Waals surface area contributed by atoms with E-state index >= 15 is 0 Å². The van der Waals surface area contributed by atoms with Gasteiger partial charge in [0.15, 0.2) is 0 Å². The summed E-state index contributed by atoms with van der Waals surface area (Å²) >= 11 is 0. The number of H-pyrrole nitrogens is 1. The summed E-state index contributed by atoms with van der Waals surface area (Å²) in [6.45, 7) is 0.225. The third kappa shape index (κ3) is 3.37. The molecule has 0 bridgehead atoms. The molecule has 3 aromatic rings. The lowest BCUT2D eigenvalue weighted by atomic mass is 10.0. The Bertz CT molecular complexity index is 746. The molecule has 1 aromatic heterocycles. The van der Waals surface area contributed by atoms with Crippen molar-refractivity contribution in [3.05, 3.63) is 71.2 Å². The number of benzene rings is 2. The zero-order valence-electron chi connectivity index (χ0n) is 12.5. The van der Waals surface area contributed by atoms with E-state index in [1.807, 2.05) is 12.1 Å². The first-order valence-electron chi connectivity index (χ1n) is 7.70.